The minimum absolute atomic E-state index is 0.273. The van der Waals surface area contributed by atoms with Gasteiger partial charge in [-0.25, -0.2) is 0 Å². The fourth-order valence-electron chi connectivity index (χ4n) is 1.88. The van der Waals surface area contributed by atoms with Crippen molar-refractivity contribution in [1.82, 2.24) is 0 Å². The summed E-state index contributed by atoms with van der Waals surface area (Å²) in [5.41, 5.74) is 1.21. The number of para-hydroxylation sites is 1. The zero-order valence-corrected chi connectivity index (χ0v) is 11.4. The molecule has 0 radical (unpaired) electrons. The van der Waals surface area contributed by atoms with Crippen LogP contribution >= 0.6 is 0 Å². The van der Waals surface area contributed by atoms with Crippen LogP contribution in [0.5, 0.6) is 5.75 Å². The van der Waals surface area contributed by atoms with Gasteiger partial charge in [0.05, 0.1) is 0 Å². The lowest BCUT2D eigenvalue weighted by Crippen LogP contribution is -2.17. The number of halogens is 3. The van der Waals surface area contributed by atoms with E-state index in [0.29, 0.717) is 11.3 Å². The molecule has 22 heavy (non-hydrogen) atoms. The Morgan fingerprint density at radius 2 is 1.86 bits per heavy atom. The molecule has 114 valence electrons. The Kier molecular flexibility index (Phi) is 4.50. The third-order valence-corrected chi connectivity index (χ3v) is 2.74. The largest absolute Gasteiger partial charge is 0.573 e. The van der Waals surface area contributed by atoms with Crippen molar-refractivity contribution < 1.29 is 22.7 Å². The highest BCUT2D eigenvalue weighted by atomic mass is 19.4. The van der Waals surface area contributed by atoms with E-state index in [0.717, 1.165) is 6.08 Å². The molecule has 0 spiro atoms. The number of hydrogen-bond acceptors (Lipinski definition) is 2. The predicted octanol–water partition coefficient (Wildman–Crippen LogP) is 4.38. The van der Waals surface area contributed by atoms with Gasteiger partial charge in [0.25, 0.3) is 0 Å². The van der Waals surface area contributed by atoms with Crippen LogP contribution in [0.1, 0.15) is 0 Å². The zero-order valence-electron chi connectivity index (χ0n) is 11.4. The molecule has 0 fully saturated rings. The van der Waals surface area contributed by atoms with Crippen molar-refractivity contribution in [2.45, 2.75) is 6.36 Å². The highest BCUT2D eigenvalue weighted by molar-refractivity contribution is 5.99. The number of nitrogens with one attached hydrogen (secondary N) is 1. The van der Waals surface area contributed by atoms with Crippen LogP contribution in [0, 0.1) is 0 Å². The second kappa shape index (κ2) is 6.34. The number of carbonyl (C=O) groups is 1. The lowest BCUT2D eigenvalue weighted by atomic mass is 10.0. The summed E-state index contributed by atoms with van der Waals surface area (Å²) in [5, 5.41) is 2.55. The molecule has 2 aromatic rings. The summed E-state index contributed by atoms with van der Waals surface area (Å²) in [7, 11) is 0. The minimum atomic E-state index is -4.77. The van der Waals surface area contributed by atoms with Gasteiger partial charge in [-0.15, -0.1) is 13.2 Å². The summed E-state index contributed by atoms with van der Waals surface area (Å²) in [6.07, 6.45) is -3.67. The van der Waals surface area contributed by atoms with Crippen molar-refractivity contribution in [3.8, 4) is 16.9 Å². The van der Waals surface area contributed by atoms with Crippen molar-refractivity contribution >= 4 is 11.6 Å². The van der Waals surface area contributed by atoms with Gasteiger partial charge in [-0.3, -0.25) is 4.79 Å². The van der Waals surface area contributed by atoms with Gasteiger partial charge in [0.2, 0.25) is 5.91 Å². The maximum Gasteiger partial charge on any atom is 0.573 e. The van der Waals surface area contributed by atoms with Crippen LogP contribution in [0.3, 0.4) is 0 Å². The molecule has 6 heteroatoms. The molecule has 2 aromatic carbocycles. The Morgan fingerprint density at radius 1 is 1.14 bits per heavy atom. The van der Waals surface area contributed by atoms with E-state index in [-0.39, 0.29) is 11.3 Å². The van der Waals surface area contributed by atoms with Gasteiger partial charge in [0, 0.05) is 11.3 Å². The summed E-state index contributed by atoms with van der Waals surface area (Å²) >= 11 is 0. The normalized spacial score (nSPS) is 10.9. The molecule has 0 aliphatic rings. The topological polar surface area (TPSA) is 38.3 Å². The number of amides is 1. The monoisotopic (exact) mass is 307 g/mol. The van der Waals surface area contributed by atoms with Crippen molar-refractivity contribution in [2.75, 3.05) is 5.32 Å². The first-order valence-corrected chi connectivity index (χ1v) is 6.27. The number of ether oxygens (including phenoxy) is 1. The van der Waals surface area contributed by atoms with Gasteiger partial charge < -0.3 is 10.1 Å². The van der Waals surface area contributed by atoms with Crippen LogP contribution in [-0.4, -0.2) is 12.3 Å². The van der Waals surface area contributed by atoms with Crippen LogP contribution in [0.2, 0.25) is 0 Å². The fraction of sp³-hybridized carbons (Fsp3) is 0.0625. The molecular formula is C16H12F3NO2. The Morgan fingerprint density at radius 3 is 2.55 bits per heavy atom. The first kappa shape index (κ1) is 15.6. The maximum absolute atomic E-state index is 12.4. The summed E-state index contributed by atoms with van der Waals surface area (Å²) in [5.74, 6) is -0.709. The molecule has 0 aliphatic heterocycles. The number of anilines is 1. The molecule has 0 saturated carbocycles. The third-order valence-electron chi connectivity index (χ3n) is 2.74. The molecule has 1 N–H and O–H groups in total. The fourth-order valence-corrected chi connectivity index (χ4v) is 1.88. The summed E-state index contributed by atoms with van der Waals surface area (Å²) in [4.78, 5) is 11.3. The zero-order chi connectivity index (χ0) is 16.2. The SMILES string of the molecule is C=CC(=O)Nc1cccc(-c2ccccc2OC(F)(F)F)c1. The van der Waals surface area contributed by atoms with E-state index in [1.54, 1.807) is 30.3 Å². The van der Waals surface area contributed by atoms with Gasteiger partial charge in [-0.1, -0.05) is 36.9 Å². The van der Waals surface area contributed by atoms with Gasteiger partial charge in [0.1, 0.15) is 5.75 Å². The molecular weight excluding hydrogens is 295 g/mol. The molecule has 0 unspecified atom stereocenters. The quantitative estimate of drug-likeness (QED) is 0.851. The number of benzene rings is 2. The first-order valence-electron chi connectivity index (χ1n) is 6.27. The van der Waals surface area contributed by atoms with Crippen LogP contribution in [-0.2, 0) is 4.79 Å². The number of carbonyl (C=O) groups excluding carboxylic acids is 1. The van der Waals surface area contributed by atoms with Crippen molar-refractivity contribution in [2.24, 2.45) is 0 Å². The third kappa shape index (κ3) is 4.12. The van der Waals surface area contributed by atoms with E-state index in [4.69, 9.17) is 0 Å². The van der Waals surface area contributed by atoms with E-state index in [1.165, 1.54) is 18.2 Å². The Labute approximate surface area is 125 Å². The van der Waals surface area contributed by atoms with Crippen molar-refractivity contribution in [3.05, 3.63) is 61.2 Å². The van der Waals surface area contributed by atoms with Crippen molar-refractivity contribution in [1.29, 1.82) is 0 Å². The lowest BCUT2D eigenvalue weighted by molar-refractivity contribution is -0.274. The van der Waals surface area contributed by atoms with Gasteiger partial charge in [0.15, 0.2) is 0 Å². The molecule has 3 nitrogen and oxygen atoms in total. The van der Waals surface area contributed by atoms with Crippen LogP contribution in [0.15, 0.2) is 61.2 Å². The minimum Gasteiger partial charge on any atom is -0.405 e. The van der Waals surface area contributed by atoms with Crippen LogP contribution in [0.25, 0.3) is 11.1 Å². The van der Waals surface area contributed by atoms with E-state index in [2.05, 4.69) is 16.6 Å². The van der Waals surface area contributed by atoms with Gasteiger partial charge in [-0.2, -0.15) is 0 Å². The number of rotatable bonds is 4. The molecule has 1 amide bonds. The Bertz CT molecular complexity index is 696. The molecule has 0 aromatic heterocycles. The molecule has 0 bridgehead atoms. The summed E-state index contributed by atoms with van der Waals surface area (Å²) in [6, 6.07) is 12.2. The summed E-state index contributed by atoms with van der Waals surface area (Å²) < 4.78 is 41.4. The lowest BCUT2D eigenvalue weighted by Gasteiger charge is -2.14. The molecule has 0 aliphatic carbocycles. The second-order valence-electron chi connectivity index (χ2n) is 4.32. The van der Waals surface area contributed by atoms with Crippen LogP contribution < -0.4 is 10.1 Å². The highest BCUT2D eigenvalue weighted by Crippen LogP contribution is 2.34. The molecule has 0 heterocycles. The van der Waals surface area contributed by atoms with Crippen molar-refractivity contribution in [3.63, 3.8) is 0 Å². The predicted molar refractivity (Wildman–Crippen MR) is 77.4 cm³/mol. The highest BCUT2D eigenvalue weighted by Gasteiger charge is 2.32. The molecule has 0 atom stereocenters. The van der Waals surface area contributed by atoms with E-state index < -0.39 is 12.3 Å². The summed E-state index contributed by atoms with van der Waals surface area (Å²) in [6.45, 7) is 3.33. The van der Waals surface area contributed by atoms with E-state index in [9.17, 15) is 18.0 Å². The Hall–Kier alpha value is -2.76. The first-order chi connectivity index (χ1) is 10.4. The smallest absolute Gasteiger partial charge is 0.405 e. The second-order valence-corrected chi connectivity index (χ2v) is 4.32. The average molecular weight is 307 g/mol. The average Bonchev–Trinajstić information content (AvgIpc) is 2.46. The maximum atomic E-state index is 12.4. The van der Waals surface area contributed by atoms with E-state index in [1.807, 2.05) is 0 Å². The molecule has 0 saturated heterocycles. The number of alkyl halides is 3. The Balaban J connectivity index is 2.38. The van der Waals surface area contributed by atoms with E-state index >= 15 is 0 Å². The number of hydrogen-bond donors (Lipinski definition) is 1. The van der Waals surface area contributed by atoms with Gasteiger partial charge in [-0.05, 0) is 29.8 Å². The van der Waals surface area contributed by atoms with Gasteiger partial charge >= 0.3 is 6.36 Å². The van der Waals surface area contributed by atoms with Crippen LogP contribution in [0.4, 0.5) is 18.9 Å². The standard InChI is InChI=1S/C16H12F3NO2/c1-2-15(21)20-12-7-5-6-11(10-12)13-8-3-4-9-14(13)22-16(17,18)19/h2-10H,1H2,(H,20,21). The molecule has 2 rings (SSSR count).